The first-order valence-electron chi connectivity index (χ1n) is 5.58. The zero-order chi connectivity index (χ0) is 13.6. The van der Waals surface area contributed by atoms with Crippen LogP contribution in [0.3, 0.4) is 0 Å². The quantitative estimate of drug-likeness (QED) is 0.649. The number of ether oxygens (including phenoxy) is 1. The van der Waals surface area contributed by atoms with Gasteiger partial charge >= 0.3 is 0 Å². The van der Waals surface area contributed by atoms with Gasteiger partial charge < -0.3 is 20.1 Å². The van der Waals surface area contributed by atoms with Crippen LogP contribution in [0.25, 0.3) is 11.2 Å². The van der Waals surface area contributed by atoms with E-state index in [-0.39, 0.29) is 17.0 Å². The minimum atomic E-state index is -1.71. The predicted octanol–water partition coefficient (Wildman–Crippen LogP) is -0.879. The van der Waals surface area contributed by atoms with Gasteiger partial charge in [-0.1, -0.05) is 0 Å². The van der Waals surface area contributed by atoms with Crippen LogP contribution in [0.5, 0.6) is 5.88 Å². The number of hydrogen-bond acceptors (Lipinski definition) is 7. The molecule has 4 atom stereocenters. The van der Waals surface area contributed by atoms with E-state index in [1.165, 1.54) is 10.9 Å². The number of fused-ring (bicyclic) bond motifs is 1. The van der Waals surface area contributed by atoms with Crippen LogP contribution in [0.1, 0.15) is 6.23 Å². The lowest BCUT2D eigenvalue weighted by atomic mass is 10.1. The molecular weight excluding hydrogens is 259 g/mol. The predicted molar refractivity (Wildman–Crippen MR) is 58.9 cm³/mol. The fraction of sp³-hybridized carbons (Fsp3) is 0.500. The Morgan fingerprint density at radius 3 is 2.84 bits per heavy atom. The van der Waals surface area contributed by atoms with Crippen LogP contribution < -0.4 is 0 Å². The van der Waals surface area contributed by atoms with Gasteiger partial charge in [0, 0.05) is 0 Å². The summed E-state index contributed by atoms with van der Waals surface area (Å²) in [6.07, 6.45) is -2.94. The third-order valence-electron chi connectivity index (χ3n) is 3.08. The maximum Gasteiger partial charge on any atom is 0.242 e. The van der Waals surface area contributed by atoms with Crippen molar-refractivity contribution in [2.24, 2.45) is 0 Å². The highest BCUT2D eigenvalue weighted by Crippen LogP contribution is 2.33. The molecule has 3 rings (SSSR count). The van der Waals surface area contributed by atoms with E-state index >= 15 is 0 Å². The molecule has 0 aliphatic carbocycles. The minimum Gasteiger partial charge on any atom is -0.492 e. The van der Waals surface area contributed by atoms with Gasteiger partial charge in [0.2, 0.25) is 5.88 Å². The van der Waals surface area contributed by atoms with Crippen molar-refractivity contribution in [3.63, 3.8) is 0 Å². The normalized spacial score (nSPS) is 31.1. The van der Waals surface area contributed by atoms with Crippen LogP contribution in [-0.4, -0.2) is 59.8 Å². The molecule has 1 fully saturated rings. The first-order valence-corrected chi connectivity index (χ1v) is 5.58. The second kappa shape index (κ2) is 4.37. The van der Waals surface area contributed by atoms with Gasteiger partial charge in [0.15, 0.2) is 23.6 Å². The van der Waals surface area contributed by atoms with Crippen molar-refractivity contribution in [3.05, 3.63) is 12.7 Å². The van der Waals surface area contributed by atoms with E-state index in [1.807, 2.05) is 0 Å². The van der Waals surface area contributed by atoms with Gasteiger partial charge in [-0.2, -0.15) is 4.98 Å². The first kappa shape index (κ1) is 12.2. The number of aromatic hydroxyl groups is 1. The molecule has 0 bridgehead atoms. The number of hydrogen-bond donors (Lipinski definition) is 3. The molecule has 2 aromatic rings. The topological polar surface area (TPSA) is 114 Å². The van der Waals surface area contributed by atoms with Gasteiger partial charge in [0.05, 0.1) is 12.9 Å². The maximum absolute atomic E-state index is 13.7. The molecular formula is C10H11FN4O4. The summed E-state index contributed by atoms with van der Waals surface area (Å²) >= 11 is 0. The largest absolute Gasteiger partial charge is 0.492 e. The summed E-state index contributed by atoms with van der Waals surface area (Å²) in [5, 5.41) is 28.3. The number of aromatic nitrogens is 4. The molecule has 0 radical (unpaired) electrons. The number of nitrogens with zero attached hydrogens (tertiary/aromatic N) is 4. The third kappa shape index (κ3) is 1.74. The molecule has 0 spiro atoms. The molecule has 1 aliphatic rings. The number of rotatable bonds is 2. The van der Waals surface area contributed by atoms with E-state index in [4.69, 9.17) is 9.84 Å². The van der Waals surface area contributed by atoms with Crippen LogP contribution in [0.15, 0.2) is 12.7 Å². The molecule has 0 aromatic carbocycles. The molecule has 3 heterocycles. The molecule has 1 aliphatic heterocycles. The molecule has 8 nitrogen and oxygen atoms in total. The van der Waals surface area contributed by atoms with Crippen molar-refractivity contribution in [1.29, 1.82) is 0 Å². The van der Waals surface area contributed by atoms with Crippen LogP contribution >= 0.6 is 0 Å². The summed E-state index contributed by atoms with van der Waals surface area (Å²) in [5.74, 6) is -0.313. The second-order valence-corrected chi connectivity index (χ2v) is 4.20. The third-order valence-corrected chi connectivity index (χ3v) is 3.08. The summed E-state index contributed by atoms with van der Waals surface area (Å²) in [5.41, 5.74) is 0.337. The Morgan fingerprint density at radius 2 is 2.16 bits per heavy atom. The molecule has 19 heavy (non-hydrogen) atoms. The second-order valence-electron chi connectivity index (χ2n) is 4.20. The molecule has 0 unspecified atom stereocenters. The van der Waals surface area contributed by atoms with E-state index < -0.39 is 31.2 Å². The van der Waals surface area contributed by atoms with Crippen LogP contribution in [0.2, 0.25) is 0 Å². The lowest BCUT2D eigenvalue weighted by Gasteiger charge is -2.15. The number of alkyl halides is 1. The van der Waals surface area contributed by atoms with Crippen molar-refractivity contribution < 1.29 is 24.4 Å². The highest BCUT2D eigenvalue weighted by molar-refractivity contribution is 5.75. The van der Waals surface area contributed by atoms with Gasteiger partial charge in [-0.15, -0.1) is 0 Å². The number of imidazole rings is 1. The van der Waals surface area contributed by atoms with Gasteiger partial charge in [-0.3, -0.25) is 4.57 Å². The fourth-order valence-electron chi connectivity index (χ4n) is 2.11. The molecule has 0 amide bonds. The molecule has 1 saturated heterocycles. The average Bonchev–Trinajstić information content (AvgIpc) is 2.94. The Kier molecular flexibility index (Phi) is 2.81. The Hall–Kier alpha value is -1.84. The summed E-state index contributed by atoms with van der Waals surface area (Å²) in [6, 6.07) is 0. The molecule has 0 saturated carbocycles. The first-order chi connectivity index (χ1) is 9.13. The van der Waals surface area contributed by atoms with Crippen molar-refractivity contribution >= 4 is 11.2 Å². The lowest BCUT2D eigenvalue weighted by Crippen LogP contribution is -2.29. The minimum absolute atomic E-state index is 0.126. The van der Waals surface area contributed by atoms with Crippen LogP contribution in [0, 0.1) is 0 Å². The fourth-order valence-corrected chi connectivity index (χ4v) is 2.11. The maximum atomic E-state index is 13.7. The summed E-state index contributed by atoms with van der Waals surface area (Å²) in [7, 11) is 0. The Bertz CT molecular complexity index is 606. The smallest absolute Gasteiger partial charge is 0.242 e. The van der Waals surface area contributed by atoms with Gasteiger partial charge in [-0.25, -0.2) is 14.4 Å². The molecule has 9 heteroatoms. The number of aliphatic hydroxyl groups excluding tert-OH is 2. The SMILES string of the molecule is OC[C@H]1O[C@@H](n2cnc3c(O)ncnc32)[C@H](O)[C@@H]1F. The lowest BCUT2D eigenvalue weighted by molar-refractivity contribution is -0.0495. The van der Waals surface area contributed by atoms with E-state index in [0.29, 0.717) is 0 Å². The Morgan fingerprint density at radius 1 is 1.37 bits per heavy atom. The summed E-state index contributed by atoms with van der Waals surface area (Å²) in [4.78, 5) is 11.4. The van der Waals surface area contributed by atoms with Crippen molar-refractivity contribution in [3.8, 4) is 5.88 Å². The van der Waals surface area contributed by atoms with E-state index in [2.05, 4.69) is 15.0 Å². The number of halogens is 1. The standard InChI is InChI=1S/C10H11FN4O4/c11-5-4(1-16)19-10(7(5)17)15-3-14-6-8(15)12-2-13-9(6)18/h2-5,7,10,16-17H,1H2,(H,12,13,18)/t4-,5-,7-,10-/m1/s1. The average molecular weight is 270 g/mol. The van der Waals surface area contributed by atoms with Crippen molar-refractivity contribution in [2.75, 3.05) is 6.61 Å². The highest BCUT2D eigenvalue weighted by atomic mass is 19.1. The zero-order valence-electron chi connectivity index (χ0n) is 9.59. The zero-order valence-corrected chi connectivity index (χ0v) is 9.59. The highest BCUT2D eigenvalue weighted by Gasteiger charge is 2.45. The summed E-state index contributed by atoms with van der Waals surface area (Å²) < 4.78 is 20.2. The van der Waals surface area contributed by atoms with Gasteiger partial charge in [0.25, 0.3) is 0 Å². The number of aliphatic hydroxyl groups is 2. The van der Waals surface area contributed by atoms with Crippen molar-refractivity contribution in [2.45, 2.75) is 24.6 Å². The van der Waals surface area contributed by atoms with Crippen LogP contribution in [-0.2, 0) is 4.74 Å². The van der Waals surface area contributed by atoms with Crippen LogP contribution in [0.4, 0.5) is 4.39 Å². The van der Waals surface area contributed by atoms with E-state index in [9.17, 15) is 14.6 Å². The Balaban J connectivity index is 2.04. The molecule has 102 valence electrons. The van der Waals surface area contributed by atoms with E-state index in [1.54, 1.807) is 0 Å². The monoisotopic (exact) mass is 270 g/mol. The van der Waals surface area contributed by atoms with Gasteiger partial charge in [0.1, 0.15) is 18.5 Å². The Labute approximate surface area is 106 Å². The molecule has 2 aromatic heterocycles. The summed E-state index contributed by atoms with van der Waals surface area (Å²) in [6.45, 7) is -0.540. The van der Waals surface area contributed by atoms with E-state index in [0.717, 1.165) is 6.33 Å². The molecule has 3 N–H and O–H groups in total. The van der Waals surface area contributed by atoms with Gasteiger partial charge in [-0.05, 0) is 0 Å². The van der Waals surface area contributed by atoms with Crippen molar-refractivity contribution in [1.82, 2.24) is 19.5 Å².